The number of rotatable bonds is 4. The highest BCUT2D eigenvalue weighted by Gasteiger charge is 2.09. The maximum atomic E-state index is 9.86. The number of carbonyl (C=O) groups excluding carboxylic acids is 1. The van der Waals surface area contributed by atoms with Gasteiger partial charge in [0.25, 0.3) is 0 Å². The number of amides is 1. The summed E-state index contributed by atoms with van der Waals surface area (Å²) in [5, 5.41) is 11.4. The molecule has 0 heterocycles. The van der Waals surface area contributed by atoms with Crippen LogP contribution in [0.5, 0.6) is 0 Å². The van der Waals surface area contributed by atoms with Crippen LogP contribution < -0.4 is 5.32 Å². The molecule has 0 aromatic heterocycles. The highest BCUT2D eigenvalue weighted by molar-refractivity contribution is 5.46. The highest BCUT2D eigenvalue weighted by Crippen LogP contribution is 1.95. The Labute approximate surface area is 55.1 Å². The van der Waals surface area contributed by atoms with Crippen molar-refractivity contribution in [2.45, 2.75) is 32.4 Å². The number of aliphatic hydroxyl groups excluding tert-OH is 1. The van der Waals surface area contributed by atoms with Crippen LogP contribution in [-0.2, 0) is 4.79 Å². The molecule has 0 bridgehead atoms. The lowest BCUT2D eigenvalue weighted by molar-refractivity contribution is -0.110. The maximum Gasteiger partial charge on any atom is 0.207 e. The standard InChI is InChI=1S/C6H13NO2/c1-3-6(5(2)9)7-4-8/h4-6,9H,3H2,1-2H3,(H,7,8). The first kappa shape index (κ1) is 8.43. The van der Waals surface area contributed by atoms with E-state index in [1.807, 2.05) is 6.92 Å². The molecule has 0 aliphatic heterocycles. The molecule has 0 rings (SSSR count). The molecule has 0 aliphatic rings. The third-order valence-electron chi connectivity index (χ3n) is 1.30. The fourth-order valence-electron chi connectivity index (χ4n) is 0.686. The molecular weight excluding hydrogens is 118 g/mol. The monoisotopic (exact) mass is 131 g/mol. The second kappa shape index (κ2) is 4.32. The highest BCUT2D eigenvalue weighted by atomic mass is 16.3. The molecule has 2 atom stereocenters. The first-order valence-corrected chi connectivity index (χ1v) is 3.10. The van der Waals surface area contributed by atoms with Crippen molar-refractivity contribution in [3.05, 3.63) is 0 Å². The van der Waals surface area contributed by atoms with Gasteiger partial charge in [-0.3, -0.25) is 4.79 Å². The van der Waals surface area contributed by atoms with E-state index in [0.29, 0.717) is 6.41 Å². The van der Waals surface area contributed by atoms with Gasteiger partial charge >= 0.3 is 0 Å². The van der Waals surface area contributed by atoms with E-state index in [1.54, 1.807) is 6.92 Å². The fraction of sp³-hybridized carbons (Fsp3) is 0.833. The summed E-state index contributed by atoms with van der Waals surface area (Å²) in [6.07, 6.45) is 0.914. The minimum atomic E-state index is -0.458. The Morgan fingerprint density at radius 2 is 2.33 bits per heavy atom. The second-order valence-corrected chi connectivity index (χ2v) is 2.04. The van der Waals surface area contributed by atoms with E-state index in [9.17, 15) is 4.79 Å². The van der Waals surface area contributed by atoms with Crippen molar-refractivity contribution in [1.29, 1.82) is 0 Å². The Morgan fingerprint density at radius 3 is 2.44 bits per heavy atom. The Kier molecular flexibility index (Phi) is 4.05. The number of aliphatic hydroxyl groups is 1. The van der Waals surface area contributed by atoms with Gasteiger partial charge in [-0.05, 0) is 13.3 Å². The van der Waals surface area contributed by atoms with Crippen LogP contribution in [0.2, 0.25) is 0 Å². The SMILES string of the molecule is CCC(NC=O)C(C)O. The quantitative estimate of drug-likeness (QED) is 0.523. The van der Waals surface area contributed by atoms with Gasteiger partial charge in [-0.1, -0.05) is 6.92 Å². The third kappa shape index (κ3) is 3.08. The van der Waals surface area contributed by atoms with Crippen molar-refractivity contribution >= 4 is 6.41 Å². The lowest BCUT2D eigenvalue weighted by atomic mass is 10.1. The van der Waals surface area contributed by atoms with Crippen LogP contribution in [0.4, 0.5) is 0 Å². The van der Waals surface area contributed by atoms with Crippen LogP contribution in [0.25, 0.3) is 0 Å². The molecule has 2 N–H and O–H groups in total. The molecule has 9 heavy (non-hydrogen) atoms. The van der Waals surface area contributed by atoms with Gasteiger partial charge < -0.3 is 10.4 Å². The Hall–Kier alpha value is -0.570. The van der Waals surface area contributed by atoms with Crippen LogP contribution in [0.15, 0.2) is 0 Å². The molecule has 3 nitrogen and oxygen atoms in total. The zero-order valence-corrected chi connectivity index (χ0v) is 5.79. The largest absolute Gasteiger partial charge is 0.391 e. The summed E-state index contributed by atoms with van der Waals surface area (Å²) in [5.74, 6) is 0. The van der Waals surface area contributed by atoms with Crippen LogP contribution in [0, 0.1) is 0 Å². The lowest BCUT2D eigenvalue weighted by Crippen LogP contribution is -2.36. The van der Waals surface area contributed by atoms with Gasteiger partial charge in [-0.15, -0.1) is 0 Å². The first-order chi connectivity index (χ1) is 4.22. The Morgan fingerprint density at radius 1 is 1.78 bits per heavy atom. The summed E-state index contributed by atoms with van der Waals surface area (Å²) in [4.78, 5) is 9.86. The molecule has 0 fully saturated rings. The number of nitrogens with one attached hydrogen (secondary N) is 1. The average molecular weight is 131 g/mol. The smallest absolute Gasteiger partial charge is 0.207 e. The van der Waals surface area contributed by atoms with Crippen molar-refractivity contribution < 1.29 is 9.90 Å². The summed E-state index contributed by atoms with van der Waals surface area (Å²) in [5.41, 5.74) is 0. The van der Waals surface area contributed by atoms with E-state index in [-0.39, 0.29) is 6.04 Å². The summed E-state index contributed by atoms with van der Waals surface area (Å²) >= 11 is 0. The maximum absolute atomic E-state index is 9.86. The minimum absolute atomic E-state index is 0.0949. The van der Waals surface area contributed by atoms with Crippen LogP contribution in [0.3, 0.4) is 0 Å². The van der Waals surface area contributed by atoms with Crippen molar-refractivity contribution in [3.63, 3.8) is 0 Å². The van der Waals surface area contributed by atoms with Gasteiger partial charge in [0.1, 0.15) is 0 Å². The Bertz CT molecular complexity index is 83.1. The molecule has 0 radical (unpaired) electrons. The van der Waals surface area contributed by atoms with Crippen LogP contribution in [-0.4, -0.2) is 23.7 Å². The predicted octanol–water partition coefficient (Wildman–Crippen LogP) is -0.108. The summed E-state index contributed by atoms with van der Waals surface area (Å²) in [6.45, 7) is 3.57. The molecule has 3 heteroatoms. The summed E-state index contributed by atoms with van der Waals surface area (Å²) in [6, 6.07) is -0.0949. The Balaban J connectivity index is 3.53. The van der Waals surface area contributed by atoms with Crippen molar-refractivity contribution in [2.75, 3.05) is 0 Å². The molecule has 0 aliphatic carbocycles. The molecule has 0 spiro atoms. The van der Waals surface area contributed by atoms with E-state index >= 15 is 0 Å². The van der Waals surface area contributed by atoms with Crippen LogP contribution in [0.1, 0.15) is 20.3 Å². The van der Waals surface area contributed by atoms with Gasteiger partial charge in [0.15, 0.2) is 0 Å². The predicted molar refractivity (Wildman–Crippen MR) is 35.0 cm³/mol. The zero-order chi connectivity index (χ0) is 7.28. The number of carbonyl (C=O) groups is 1. The normalized spacial score (nSPS) is 16.3. The van der Waals surface area contributed by atoms with Crippen LogP contribution >= 0.6 is 0 Å². The molecule has 54 valence electrons. The van der Waals surface area contributed by atoms with Gasteiger partial charge in [0, 0.05) is 0 Å². The van der Waals surface area contributed by atoms with E-state index < -0.39 is 6.10 Å². The molecule has 1 amide bonds. The molecule has 2 unspecified atom stereocenters. The molecule has 0 aromatic carbocycles. The van der Waals surface area contributed by atoms with Gasteiger partial charge in [0.05, 0.1) is 12.1 Å². The fourth-order valence-corrected chi connectivity index (χ4v) is 0.686. The van der Waals surface area contributed by atoms with E-state index in [1.165, 1.54) is 0 Å². The van der Waals surface area contributed by atoms with E-state index in [2.05, 4.69) is 5.32 Å². The first-order valence-electron chi connectivity index (χ1n) is 3.10. The second-order valence-electron chi connectivity index (χ2n) is 2.04. The van der Waals surface area contributed by atoms with Gasteiger partial charge in [0.2, 0.25) is 6.41 Å². The zero-order valence-electron chi connectivity index (χ0n) is 5.79. The molecular formula is C6H13NO2. The number of hydrogen-bond donors (Lipinski definition) is 2. The summed E-state index contributed by atoms with van der Waals surface area (Å²) < 4.78 is 0. The van der Waals surface area contributed by atoms with Crippen molar-refractivity contribution in [2.24, 2.45) is 0 Å². The molecule has 0 saturated carbocycles. The average Bonchev–Trinajstić information content (AvgIpc) is 1.82. The lowest BCUT2D eigenvalue weighted by Gasteiger charge is -2.15. The van der Waals surface area contributed by atoms with E-state index in [0.717, 1.165) is 6.42 Å². The summed E-state index contributed by atoms with van der Waals surface area (Å²) in [7, 11) is 0. The topological polar surface area (TPSA) is 49.3 Å². The van der Waals surface area contributed by atoms with Gasteiger partial charge in [-0.25, -0.2) is 0 Å². The van der Waals surface area contributed by atoms with Gasteiger partial charge in [-0.2, -0.15) is 0 Å². The molecule has 0 saturated heterocycles. The minimum Gasteiger partial charge on any atom is -0.391 e. The molecule has 0 aromatic rings. The number of hydrogen-bond acceptors (Lipinski definition) is 2. The van der Waals surface area contributed by atoms with Crippen molar-refractivity contribution in [3.8, 4) is 0 Å². The van der Waals surface area contributed by atoms with Crippen molar-refractivity contribution in [1.82, 2.24) is 5.32 Å². The third-order valence-corrected chi connectivity index (χ3v) is 1.30. The van der Waals surface area contributed by atoms with E-state index in [4.69, 9.17) is 5.11 Å².